The van der Waals surface area contributed by atoms with Crippen LogP contribution in [-0.4, -0.2) is 45.0 Å². The van der Waals surface area contributed by atoms with Gasteiger partial charge in [0.05, 0.1) is 23.8 Å². The molecule has 1 fully saturated rings. The molecule has 25 heavy (non-hydrogen) atoms. The van der Waals surface area contributed by atoms with Gasteiger partial charge in [0.1, 0.15) is 10.6 Å². The van der Waals surface area contributed by atoms with Crippen molar-refractivity contribution in [2.75, 3.05) is 26.3 Å². The van der Waals surface area contributed by atoms with Gasteiger partial charge in [0.15, 0.2) is 0 Å². The number of benzene rings is 2. The van der Waals surface area contributed by atoms with Crippen molar-refractivity contribution in [3.05, 3.63) is 59.1 Å². The van der Waals surface area contributed by atoms with E-state index in [1.165, 1.54) is 22.5 Å². The van der Waals surface area contributed by atoms with E-state index >= 15 is 0 Å². The van der Waals surface area contributed by atoms with Crippen LogP contribution in [0.1, 0.15) is 10.4 Å². The largest absolute Gasteiger partial charge is 0.423 e. The maximum absolute atomic E-state index is 12.8. The maximum atomic E-state index is 12.8. The molecule has 0 N–H and O–H groups in total. The summed E-state index contributed by atoms with van der Waals surface area (Å²) >= 11 is 6.08. The molecule has 0 spiro atoms. The molecule has 0 saturated carbocycles. The Kier molecular flexibility index (Phi) is 5.39. The lowest BCUT2D eigenvalue weighted by atomic mass is 10.2. The topological polar surface area (TPSA) is 72.9 Å². The molecule has 0 amide bonds. The Morgan fingerprint density at radius 3 is 2.44 bits per heavy atom. The second kappa shape index (κ2) is 7.53. The van der Waals surface area contributed by atoms with Gasteiger partial charge in [-0.3, -0.25) is 0 Å². The fraction of sp³-hybridized carbons (Fsp3) is 0.235. The van der Waals surface area contributed by atoms with E-state index < -0.39 is 16.0 Å². The molecule has 3 rings (SSSR count). The molecule has 0 atom stereocenters. The molecule has 1 saturated heterocycles. The number of carbonyl (C=O) groups excluding carboxylic acids is 1. The molecule has 2 aromatic rings. The van der Waals surface area contributed by atoms with Gasteiger partial charge in [-0.1, -0.05) is 29.8 Å². The maximum Gasteiger partial charge on any atom is 0.343 e. The molecule has 6 nitrogen and oxygen atoms in total. The van der Waals surface area contributed by atoms with Crippen LogP contribution in [0.5, 0.6) is 5.75 Å². The molecular weight excluding hydrogens is 366 g/mol. The van der Waals surface area contributed by atoms with Crippen LogP contribution in [0, 0.1) is 0 Å². The Bertz CT molecular complexity index is 864. The van der Waals surface area contributed by atoms with E-state index in [1.54, 1.807) is 30.3 Å². The molecule has 1 aliphatic heterocycles. The van der Waals surface area contributed by atoms with Crippen molar-refractivity contribution in [2.45, 2.75) is 4.90 Å². The summed E-state index contributed by atoms with van der Waals surface area (Å²) in [6.07, 6.45) is 0. The third-order valence-corrected chi connectivity index (χ3v) is 6.09. The van der Waals surface area contributed by atoms with E-state index in [1.807, 2.05) is 0 Å². The van der Waals surface area contributed by atoms with Gasteiger partial charge in [-0.2, -0.15) is 4.31 Å². The van der Waals surface area contributed by atoms with Crippen LogP contribution in [0.4, 0.5) is 0 Å². The summed E-state index contributed by atoms with van der Waals surface area (Å²) in [6, 6.07) is 12.6. The fourth-order valence-electron chi connectivity index (χ4n) is 2.41. The van der Waals surface area contributed by atoms with E-state index in [0.29, 0.717) is 19.0 Å². The molecule has 0 radical (unpaired) electrons. The molecule has 0 aromatic heterocycles. The number of hydrogen-bond acceptors (Lipinski definition) is 5. The van der Waals surface area contributed by atoms with Gasteiger partial charge in [0.2, 0.25) is 10.0 Å². The third kappa shape index (κ3) is 4.01. The summed E-state index contributed by atoms with van der Waals surface area (Å²) in [4.78, 5) is 12.2. The van der Waals surface area contributed by atoms with Crippen LogP contribution in [0.25, 0.3) is 0 Å². The standard InChI is InChI=1S/C17H16ClNO5S/c18-15-7-6-13(17(20)24-14-4-2-1-3-5-14)12-16(15)25(21,22)19-8-10-23-11-9-19/h1-7,12H,8-11H2. The van der Waals surface area contributed by atoms with Crippen molar-refractivity contribution in [3.63, 3.8) is 0 Å². The van der Waals surface area contributed by atoms with Crippen LogP contribution in [0.3, 0.4) is 0 Å². The monoisotopic (exact) mass is 381 g/mol. The number of halogens is 1. The number of morpholine rings is 1. The van der Waals surface area contributed by atoms with E-state index in [2.05, 4.69) is 0 Å². The van der Waals surface area contributed by atoms with Crippen LogP contribution < -0.4 is 4.74 Å². The summed E-state index contributed by atoms with van der Waals surface area (Å²) in [5.41, 5.74) is 0.111. The molecule has 0 bridgehead atoms. The third-order valence-electron chi connectivity index (χ3n) is 3.71. The number of ether oxygens (including phenoxy) is 2. The number of hydrogen-bond donors (Lipinski definition) is 0. The van der Waals surface area contributed by atoms with Gasteiger partial charge in [0, 0.05) is 13.1 Å². The number of esters is 1. The van der Waals surface area contributed by atoms with Crippen molar-refractivity contribution in [3.8, 4) is 5.75 Å². The second-order valence-corrected chi connectivity index (χ2v) is 7.68. The number of para-hydroxylation sites is 1. The molecule has 132 valence electrons. The first-order chi connectivity index (χ1) is 12.0. The first-order valence-corrected chi connectivity index (χ1v) is 9.45. The van der Waals surface area contributed by atoms with Gasteiger partial charge < -0.3 is 9.47 Å². The fourth-order valence-corrected chi connectivity index (χ4v) is 4.32. The first-order valence-electron chi connectivity index (χ1n) is 7.63. The number of nitrogens with zero attached hydrogens (tertiary/aromatic N) is 1. The highest BCUT2D eigenvalue weighted by molar-refractivity contribution is 7.89. The summed E-state index contributed by atoms with van der Waals surface area (Å²) in [7, 11) is -3.81. The number of rotatable bonds is 4. The highest BCUT2D eigenvalue weighted by Crippen LogP contribution is 2.27. The summed E-state index contributed by atoms with van der Waals surface area (Å²) < 4.78 is 37.3. The highest BCUT2D eigenvalue weighted by Gasteiger charge is 2.29. The summed E-state index contributed by atoms with van der Waals surface area (Å²) in [5.74, 6) is -0.277. The Morgan fingerprint density at radius 1 is 1.08 bits per heavy atom. The predicted molar refractivity (Wildman–Crippen MR) is 92.4 cm³/mol. The Morgan fingerprint density at radius 2 is 1.76 bits per heavy atom. The van der Waals surface area contributed by atoms with Crippen molar-refractivity contribution in [2.24, 2.45) is 0 Å². The lowest BCUT2D eigenvalue weighted by molar-refractivity contribution is 0.0727. The van der Waals surface area contributed by atoms with Crippen molar-refractivity contribution in [1.29, 1.82) is 0 Å². The lowest BCUT2D eigenvalue weighted by Crippen LogP contribution is -2.40. The predicted octanol–water partition coefficient (Wildman–Crippen LogP) is 2.58. The zero-order chi connectivity index (χ0) is 17.9. The number of sulfonamides is 1. The van der Waals surface area contributed by atoms with E-state index in [-0.39, 0.29) is 28.6 Å². The Hall–Kier alpha value is -1.93. The summed E-state index contributed by atoms with van der Waals surface area (Å²) in [5, 5.41) is 0.0581. The second-order valence-electron chi connectivity index (χ2n) is 5.36. The molecule has 0 unspecified atom stereocenters. The zero-order valence-corrected chi connectivity index (χ0v) is 14.8. The molecule has 1 heterocycles. The molecule has 2 aromatic carbocycles. The smallest absolute Gasteiger partial charge is 0.343 e. The van der Waals surface area contributed by atoms with Gasteiger partial charge in [-0.15, -0.1) is 0 Å². The van der Waals surface area contributed by atoms with Gasteiger partial charge >= 0.3 is 5.97 Å². The SMILES string of the molecule is O=C(Oc1ccccc1)c1ccc(Cl)c(S(=O)(=O)N2CCOCC2)c1. The quantitative estimate of drug-likeness (QED) is 0.601. The van der Waals surface area contributed by atoms with Crippen LogP contribution in [-0.2, 0) is 14.8 Å². The molecular formula is C17H16ClNO5S. The average molecular weight is 382 g/mol. The van der Waals surface area contributed by atoms with E-state index in [0.717, 1.165) is 0 Å². The van der Waals surface area contributed by atoms with Crippen LogP contribution >= 0.6 is 11.6 Å². The molecule has 1 aliphatic rings. The van der Waals surface area contributed by atoms with Crippen LogP contribution in [0.15, 0.2) is 53.4 Å². The van der Waals surface area contributed by atoms with Crippen molar-refractivity contribution >= 4 is 27.6 Å². The lowest BCUT2D eigenvalue weighted by Gasteiger charge is -2.26. The average Bonchev–Trinajstić information content (AvgIpc) is 2.63. The summed E-state index contributed by atoms with van der Waals surface area (Å²) in [6.45, 7) is 1.15. The normalized spacial score (nSPS) is 15.7. The van der Waals surface area contributed by atoms with Gasteiger partial charge in [-0.05, 0) is 30.3 Å². The highest BCUT2D eigenvalue weighted by atomic mass is 35.5. The minimum Gasteiger partial charge on any atom is -0.423 e. The number of carbonyl (C=O) groups is 1. The Balaban J connectivity index is 1.88. The van der Waals surface area contributed by atoms with Crippen molar-refractivity contribution in [1.82, 2.24) is 4.31 Å². The van der Waals surface area contributed by atoms with Gasteiger partial charge in [-0.25, -0.2) is 13.2 Å². The minimum atomic E-state index is -3.81. The van der Waals surface area contributed by atoms with E-state index in [4.69, 9.17) is 21.1 Å². The zero-order valence-electron chi connectivity index (χ0n) is 13.2. The Labute approximate surface area is 151 Å². The van der Waals surface area contributed by atoms with E-state index in [9.17, 15) is 13.2 Å². The molecule has 0 aliphatic carbocycles. The van der Waals surface area contributed by atoms with Crippen molar-refractivity contribution < 1.29 is 22.7 Å². The minimum absolute atomic E-state index is 0.0581. The molecule has 8 heteroatoms. The van der Waals surface area contributed by atoms with Gasteiger partial charge in [0.25, 0.3) is 0 Å². The first kappa shape index (κ1) is 17.9. The van der Waals surface area contributed by atoms with Crippen LogP contribution in [0.2, 0.25) is 5.02 Å².